The molecule has 0 atom stereocenters. The number of piperazine rings is 1. The Hall–Kier alpha value is -2.01. The lowest BCUT2D eigenvalue weighted by atomic mass is 10.2. The molecule has 7 nitrogen and oxygen atoms in total. The Morgan fingerprint density at radius 2 is 1.87 bits per heavy atom. The van der Waals surface area contributed by atoms with Gasteiger partial charge in [-0.15, -0.1) is 24.0 Å². The van der Waals surface area contributed by atoms with Crippen molar-refractivity contribution in [3.8, 4) is 0 Å². The first-order chi connectivity index (χ1) is 14.2. The number of hydrogen-bond donors (Lipinski definition) is 2. The number of guanidine groups is 1. The lowest BCUT2D eigenvalue weighted by Crippen LogP contribution is -2.47. The highest BCUT2D eigenvalue weighted by Gasteiger charge is 2.18. The van der Waals surface area contributed by atoms with E-state index in [1.54, 1.807) is 18.5 Å². The molecule has 1 aliphatic rings. The largest absolute Gasteiger partial charge is 0.357 e. The predicted octanol–water partition coefficient (Wildman–Crippen LogP) is 2.50. The van der Waals surface area contributed by atoms with Gasteiger partial charge in [0.1, 0.15) is 5.82 Å². The summed E-state index contributed by atoms with van der Waals surface area (Å²) in [6.45, 7) is 9.11. The van der Waals surface area contributed by atoms with Gasteiger partial charge in [0.2, 0.25) is 5.95 Å². The Kier molecular flexibility index (Phi) is 10.8. The number of nitrogens with one attached hydrogen (secondary N) is 2. The molecular weight excluding hydrogens is 496 g/mol. The maximum Gasteiger partial charge on any atom is 0.225 e. The van der Waals surface area contributed by atoms with E-state index in [-0.39, 0.29) is 29.8 Å². The molecule has 3 rings (SSSR count). The number of anilines is 1. The topological polar surface area (TPSA) is 68.7 Å². The van der Waals surface area contributed by atoms with Crippen molar-refractivity contribution >= 4 is 35.9 Å². The molecule has 0 radical (unpaired) electrons. The smallest absolute Gasteiger partial charge is 0.225 e. The summed E-state index contributed by atoms with van der Waals surface area (Å²) in [6, 6.07) is 8.41. The molecule has 2 aromatic rings. The number of aliphatic imine (C=N–C) groups is 1. The summed E-state index contributed by atoms with van der Waals surface area (Å²) >= 11 is 0. The molecule has 0 bridgehead atoms. The molecule has 1 aromatic heterocycles. The molecule has 30 heavy (non-hydrogen) atoms. The SMILES string of the molecule is CCNC(=NCc1cccc(F)c1)NCCCN1CCN(c2ncccn2)CC1.I. The highest BCUT2D eigenvalue weighted by atomic mass is 127. The molecule has 0 unspecified atom stereocenters. The minimum atomic E-state index is -0.227. The Bertz CT molecular complexity index is 767. The average molecular weight is 527 g/mol. The molecule has 1 saturated heterocycles. The predicted molar refractivity (Wildman–Crippen MR) is 130 cm³/mol. The zero-order valence-corrected chi connectivity index (χ0v) is 19.8. The number of rotatable bonds is 8. The summed E-state index contributed by atoms with van der Waals surface area (Å²) in [6.07, 6.45) is 4.61. The molecule has 9 heteroatoms. The highest BCUT2D eigenvalue weighted by molar-refractivity contribution is 14.0. The molecule has 0 saturated carbocycles. The average Bonchev–Trinajstić information content (AvgIpc) is 2.76. The molecule has 2 N–H and O–H groups in total. The van der Waals surface area contributed by atoms with E-state index in [1.165, 1.54) is 12.1 Å². The van der Waals surface area contributed by atoms with Crippen LogP contribution in [0.4, 0.5) is 10.3 Å². The lowest BCUT2D eigenvalue weighted by Gasteiger charge is -2.34. The van der Waals surface area contributed by atoms with Gasteiger partial charge in [-0.25, -0.2) is 19.4 Å². The van der Waals surface area contributed by atoms with Gasteiger partial charge in [0.05, 0.1) is 6.54 Å². The van der Waals surface area contributed by atoms with E-state index in [2.05, 4.69) is 35.4 Å². The first-order valence-electron chi connectivity index (χ1n) is 10.3. The number of halogens is 2. The van der Waals surface area contributed by atoms with Crippen molar-refractivity contribution in [3.63, 3.8) is 0 Å². The molecule has 1 aromatic carbocycles. The normalized spacial score (nSPS) is 14.9. The van der Waals surface area contributed by atoms with Gasteiger partial charge in [-0.2, -0.15) is 0 Å². The monoisotopic (exact) mass is 527 g/mol. The van der Waals surface area contributed by atoms with Gasteiger partial charge in [0.15, 0.2) is 5.96 Å². The summed E-state index contributed by atoms with van der Waals surface area (Å²) in [4.78, 5) is 17.9. The first kappa shape index (κ1) is 24.3. The molecule has 2 heterocycles. The van der Waals surface area contributed by atoms with Crippen LogP contribution in [-0.2, 0) is 6.54 Å². The van der Waals surface area contributed by atoms with Crippen LogP contribution in [0.15, 0.2) is 47.7 Å². The molecular formula is C21H31FIN7. The second kappa shape index (κ2) is 13.3. The van der Waals surface area contributed by atoms with Crippen molar-refractivity contribution in [1.29, 1.82) is 0 Å². The Labute approximate surface area is 195 Å². The van der Waals surface area contributed by atoms with Gasteiger partial charge in [-0.1, -0.05) is 12.1 Å². The van der Waals surface area contributed by atoms with Crippen molar-refractivity contribution < 1.29 is 4.39 Å². The van der Waals surface area contributed by atoms with E-state index in [0.717, 1.165) is 69.7 Å². The minimum Gasteiger partial charge on any atom is -0.357 e. The van der Waals surface area contributed by atoms with E-state index >= 15 is 0 Å². The van der Waals surface area contributed by atoms with Crippen molar-refractivity contribution in [2.24, 2.45) is 4.99 Å². The van der Waals surface area contributed by atoms with Gasteiger partial charge in [-0.05, 0) is 43.7 Å². The van der Waals surface area contributed by atoms with Crippen LogP contribution in [0.25, 0.3) is 0 Å². The third kappa shape index (κ3) is 8.02. The van der Waals surface area contributed by atoms with Gasteiger partial charge in [0.25, 0.3) is 0 Å². The third-order valence-corrected chi connectivity index (χ3v) is 4.80. The first-order valence-corrected chi connectivity index (χ1v) is 10.3. The quantitative estimate of drug-likeness (QED) is 0.238. The van der Waals surface area contributed by atoms with Crippen LogP contribution in [0.3, 0.4) is 0 Å². The number of aromatic nitrogens is 2. The number of hydrogen-bond acceptors (Lipinski definition) is 5. The fourth-order valence-corrected chi connectivity index (χ4v) is 3.28. The lowest BCUT2D eigenvalue weighted by molar-refractivity contribution is 0.254. The van der Waals surface area contributed by atoms with Crippen LogP contribution in [0, 0.1) is 5.82 Å². The number of nitrogens with zero attached hydrogens (tertiary/aromatic N) is 5. The molecule has 0 amide bonds. The van der Waals surface area contributed by atoms with Crippen molar-refractivity contribution in [2.45, 2.75) is 19.9 Å². The Morgan fingerprint density at radius 1 is 1.10 bits per heavy atom. The summed E-state index contributed by atoms with van der Waals surface area (Å²) in [5.74, 6) is 1.36. The van der Waals surface area contributed by atoms with Crippen LogP contribution >= 0.6 is 24.0 Å². The second-order valence-electron chi connectivity index (χ2n) is 6.98. The molecule has 164 valence electrons. The molecule has 0 spiro atoms. The molecule has 1 fully saturated rings. The Balaban J connectivity index is 0.00000320. The van der Waals surface area contributed by atoms with Crippen LogP contribution in [-0.4, -0.2) is 66.6 Å². The molecule has 0 aliphatic carbocycles. The van der Waals surface area contributed by atoms with Crippen molar-refractivity contribution in [3.05, 3.63) is 54.1 Å². The van der Waals surface area contributed by atoms with Crippen LogP contribution in [0.1, 0.15) is 18.9 Å². The van der Waals surface area contributed by atoms with Gasteiger partial charge in [-0.3, -0.25) is 4.90 Å². The van der Waals surface area contributed by atoms with E-state index < -0.39 is 0 Å². The zero-order valence-electron chi connectivity index (χ0n) is 17.4. The highest BCUT2D eigenvalue weighted by Crippen LogP contribution is 2.09. The van der Waals surface area contributed by atoms with Gasteiger partial charge in [0, 0.05) is 51.7 Å². The Morgan fingerprint density at radius 3 is 2.57 bits per heavy atom. The fraction of sp³-hybridized carbons (Fsp3) is 0.476. The van der Waals surface area contributed by atoms with E-state index in [4.69, 9.17) is 0 Å². The summed E-state index contributed by atoms with van der Waals surface area (Å²) in [7, 11) is 0. The van der Waals surface area contributed by atoms with E-state index in [9.17, 15) is 4.39 Å². The summed E-state index contributed by atoms with van der Waals surface area (Å²) in [5, 5.41) is 6.61. The third-order valence-electron chi connectivity index (χ3n) is 4.80. The minimum absolute atomic E-state index is 0. The van der Waals surface area contributed by atoms with Crippen molar-refractivity contribution in [2.75, 3.05) is 50.7 Å². The van der Waals surface area contributed by atoms with Gasteiger partial charge >= 0.3 is 0 Å². The van der Waals surface area contributed by atoms with Crippen molar-refractivity contribution in [1.82, 2.24) is 25.5 Å². The summed E-state index contributed by atoms with van der Waals surface area (Å²) in [5.41, 5.74) is 0.863. The van der Waals surface area contributed by atoms with E-state index in [0.29, 0.717) is 6.54 Å². The second-order valence-corrected chi connectivity index (χ2v) is 6.98. The van der Waals surface area contributed by atoms with Crippen LogP contribution in [0.5, 0.6) is 0 Å². The maximum atomic E-state index is 13.3. The fourth-order valence-electron chi connectivity index (χ4n) is 3.28. The molecule has 1 aliphatic heterocycles. The van der Waals surface area contributed by atoms with Crippen LogP contribution < -0.4 is 15.5 Å². The number of benzene rings is 1. The zero-order chi connectivity index (χ0) is 20.3. The van der Waals surface area contributed by atoms with E-state index in [1.807, 2.05) is 19.1 Å². The maximum absolute atomic E-state index is 13.3. The van der Waals surface area contributed by atoms with Crippen LogP contribution in [0.2, 0.25) is 0 Å². The summed E-state index contributed by atoms with van der Waals surface area (Å²) < 4.78 is 13.3. The standard InChI is InChI=1S/C21H30FN7.HI/c1-2-23-20(27-17-18-6-3-7-19(22)16-18)24-10-5-11-28-12-14-29(15-13-28)21-25-8-4-9-26-21;/h3-4,6-9,16H,2,5,10-15,17H2,1H3,(H2,23,24,27);1H. The van der Waals surface area contributed by atoms with Gasteiger partial charge < -0.3 is 15.5 Å².